The molecule has 110 valence electrons. The third-order valence-electron chi connectivity index (χ3n) is 3.63. The van der Waals surface area contributed by atoms with Crippen LogP contribution in [0.25, 0.3) is 0 Å². The van der Waals surface area contributed by atoms with Gasteiger partial charge in [0.25, 0.3) is 0 Å². The lowest BCUT2D eigenvalue weighted by molar-refractivity contribution is -0.136. The SMILES string of the molecule is Cc1ccc(Cl)cc1N1CCN(C(=O)C(C)(C)N)CC1. The lowest BCUT2D eigenvalue weighted by Gasteiger charge is -2.39. The number of hydrogen-bond donors (Lipinski definition) is 1. The molecule has 0 spiro atoms. The maximum atomic E-state index is 12.1. The zero-order chi connectivity index (χ0) is 14.9. The average molecular weight is 296 g/mol. The van der Waals surface area contributed by atoms with Gasteiger partial charge in [0.2, 0.25) is 5.91 Å². The second-order valence-electron chi connectivity index (χ2n) is 5.93. The smallest absolute Gasteiger partial charge is 0.242 e. The normalized spacial score (nSPS) is 16.4. The molecule has 2 rings (SSSR count). The predicted octanol–water partition coefficient (Wildman–Crippen LogP) is 2.03. The molecule has 5 heteroatoms. The molecule has 4 nitrogen and oxygen atoms in total. The van der Waals surface area contributed by atoms with Gasteiger partial charge in [0.1, 0.15) is 0 Å². The topological polar surface area (TPSA) is 49.6 Å². The first-order valence-electron chi connectivity index (χ1n) is 6.88. The summed E-state index contributed by atoms with van der Waals surface area (Å²) < 4.78 is 0. The van der Waals surface area contributed by atoms with E-state index in [9.17, 15) is 4.79 Å². The van der Waals surface area contributed by atoms with E-state index in [1.54, 1.807) is 13.8 Å². The third-order valence-corrected chi connectivity index (χ3v) is 3.87. The number of nitrogens with zero attached hydrogens (tertiary/aromatic N) is 2. The molecule has 1 amide bonds. The fourth-order valence-electron chi connectivity index (χ4n) is 2.48. The summed E-state index contributed by atoms with van der Waals surface area (Å²) in [6, 6.07) is 5.91. The van der Waals surface area contributed by atoms with Crippen molar-refractivity contribution in [2.45, 2.75) is 26.3 Å². The molecule has 1 aromatic carbocycles. The maximum absolute atomic E-state index is 12.1. The Morgan fingerprint density at radius 3 is 2.40 bits per heavy atom. The highest BCUT2D eigenvalue weighted by Gasteiger charge is 2.30. The first-order valence-corrected chi connectivity index (χ1v) is 7.26. The van der Waals surface area contributed by atoms with Crippen molar-refractivity contribution in [3.8, 4) is 0 Å². The second kappa shape index (κ2) is 5.62. The average Bonchev–Trinajstić information content (AvgIpc) is 2.40. The molecule has 0 aromatic heterocycles. The second-order valence-corrected chi connectivity index (χ2v) is 6.37. The summed E-state index contributed by atoms with van der Waals surface area (Å²) in [4.78, 5) is 16.3. The molecule has 1 fully saturated rings. The number of piperazine rings is 1. The van der Waals surface area contributed by atoms with E-state index < -0.39 is 5.54 Å². The molecule has 1 aliphatic rings. The van der Waals surface area contributed by atoms with Gasteiger partial charge in [-0.2, -0.15) is 0 Å². The Morgan fingerprint density at radius 2 is 1.85 bits per heavy atom. The monoisotopic (exact) mass is 295 g/mol. The number of benzene rings is 1. The van der Waals surface area contributed by atoms with Crippen molar-refractivity contribution in [1.82, 2.24) is 4.90 Å². The molecule has 0 saturated carbocycles. The van der Waals surface area contributed by atoms with Crippen LogP contribution in [0.15, 0.2) is 18.2 Å². The highest BCUT2D eigenvalue weighted by Crippen LogP contribution is 2.25. The number of hydrogen-bond acceptors (Lipinski definition) is 3. The van der Waals surface area contributed by atoms with E-state index in [4.69, 9.17) is 17.3 Å². The first-order chi connectivity index (χ1) is 9.29. The fraction of sp³-hybridized carbons (Fsp3) is 0.533. The Labute approximate surface area is 125 Å². The van der Waals surface area contributed by atoms with Crippen molar-refractivity contribution in [2.75, 3.05) is 31.1 Å². The molecule has 2 N–H and O–H groups in total. The number of aryl methyl sites for hydroxylation is 1. The Balaban J connectivity index is 2.05. The molecular formula is C15H22ClN3O. The first kappa shape index (κ1) is 15.1. The zero-order valence-corrected chi connectivity index (χ0v) is 13.1. The van der Waals surface area contributed by atoms with Gasteiger partial charge in [0.15, 0.2) is 0 Å². The number of amides is 1. The molecule has 0 atom stereocenters. The molecule has 1 saturated heterocycles. The summed E-state index contributed by atoms with van der Waals surface area (Å²) >= 11 is 6.07. The molecular weight excluding hydrogens is 274 g/mol. The number of anilines is 1. The quantitative estimate of drug-likeness (QED) is 0.908. The van der Waals surface area contributed by atoms with Gasteiger partial charge >= 0.3 is 0 Å². The lowest BCUT2D eigenvalue weighted by atomic mass is 10.0. The zero-order valence-electron chi connectivity index (χ0n) is 12.3. The van der Waals surface area contributed by atoms with Crippen LogP contribution in [0.1, 0.15) is 19.4 Å². The summed E-state index contributed by atoms with van der Waals surface area (Å²) in [6.45, 7) is 8.60. The molecule has 0 unspecified atom stereocenters. The van der Waals surface area contributed by atoms with Crippen molar-refractivity contribution in [3.63, 3.8) is 0 Å². The molecule has 1 heterocycles. The minimum Gasteiger partial charge on any atom is -0.368 e. The number of carbonyl (C=O) groups excluding carboxylic acids is 1. The van der Waals surface area contributed by atoms with Gasteiger partial charge in [0, 0.05) is 36.9 Å². The van der Waals surface area contributed by atoms with Gasteiger partial charge in [-0.05, 0) is 38.5 Å². The minimum absolute atomic E-state index is 0.0139. The Bertz CT molecular complexity index is 502. The van der Waals surface area contributed by atoms with Crippen LogP contribution >= 0.6 is 11.6 Å². The molecule has 1 aliphatic heterocycles. The Morgan fingerprint density at radius 1 is 1.25 bits per heavy atom. The van der Waals surface area contributed by atoms with Gasteiger partial charge in [-0.1, -0.05) is 17.7 Å². The highest BCUT2D eigenvalue weighted by molar-refractivity contribution is 6.30. The van der Waals surface area contributed by atoms with E-state index in [2.05, 4.69) is 11.8 Å². The largest absolute Gasteiger partial charge is 0.368 e. The Hall–Kier alpha value is -1.26. The predicted molar refractivity (Wildman–Crippen MR) is 83.2 cm³/mol. The Kier molecular flexibility index (Phi) is 4.25. The number of rotatable bonds is 2. The van der Waals surface area contributed by atoms with Gasteiger partial charge in [0.05, 0.1) is 5.54 Å². The third kappa shape index (κ3) is 3.25. The van der Waals surface area contributed by atoms with Crippen molar-refractivity contribution in [1.29, 1.82) is 0 Å². The lowest BCUT2D eigenvalue weighted by Crippen LogP contribution is -2.57. The number of halogens is 1. The molecule has 0 aliphatic carbocycles. The van der Waals surface area contributed by atoms with E-state index in [0.29, 0.717) is 13.1 Å². The maximum Gasteiger partial charge on any atom is 0.242 e. The van der Waals surface area contributed by atoms with Crippen LogP contribution in [0.2, 0.25) is 5.02 Å². The standard InChI is InChI=1S/C15H22ClN3O/c1-11-4-5-12(16)10-13(11)18-6-8-19(9-7-18)14(20)15(2,3)17/h4-5,10H,6-9,17H2,1-3H3. The van der Waals surface area contributed by atoms with Crippen LogP contribution < -0.4 is 10.6 Å². The van der Waals surface area contributed by atoms with E-state index in [1.165, 1.54) is 5.56 Å². The van der Waals surface area contributed by atoms with Crippen LogP contribution in [0.3, 0.4) is 0 Å². The summed E-state index contributed by atoms with van der Waals surface area (Å²) in [5, 5.41) is 0.743. The van der Waals surface area contributed by atoms with E-state index in [1.807, 2.05) is 23.1 Å². The molecule has 0 radical (unpaired) electrons. The van der Waals surface area contributed by atoms with Crippen molar-refractivity contribution in [2.24, 2.45) is 5.73 Å². The summed E-state index contributed by atoms with van der Waals surface area (Å²) in [5.74, 6) is 0.0139. The van der Waals surface area contributed by atoms with Gasteiger partial charge in [-0.15, -0.1) is 0 Å². The van der Waals surface area contributed by atoms with Gasteiger partial charge in [-0.25, -0.2) is 0 Å². The fourth-order valence-corrected chi connectivity index (χ4v) is 2.65. The van der Waals surface area contributed by atoms with E-state index in [-0.39, 0.29) is 5.91 Å². The molecule has 0 bridgehead atoms. The summed E-state index contributed by atoms with van der Waals surface area (Å²) in [6.07, 6.45) is 0. The van der Waals surface area contributed by atoms with E-state index in [0.717, 1.165) is 23.8 Å². The van der Waals surface area contributed by atoms with Gasteiger partial charge < -0.3 is 15.5 Å². The van der Waals surface area contributed by atoms with Crippen LogP contribution in [-0.4, -0.2) is 42.5 Å². The summed E-state index contributed by atoms with van der Waals surface area (Å²) in [5.41, 5.74) is 7.43. The molecule has 20 heavy (non-hydrogen) atoms. The van der Waals surface area contributed by atoms with Crippen LogP contribution in [0.5, 0.6) is 0 Å². The molecule has 1 aromatic rings. The van der Waals surface area contributed by atoms with Crippen molar-refractivity contribution in [3.05, 3.63) is 28.8 Å². The number of carbonyl (C=O) groups is 1. The minimum atomic E-state index is -0.797. The number of nitrogens with two attached hydrogens (primary N) is 1. The van der Waals surface area contributed by atoms with Crippen LogP contribution in [-0.2, 0) is 4.79 Å². The van der Waals surface area contributed by atoms with Crippen LogP contribution in [0.4, 0.5) is 5.69 Å². The highest BCUT2D eigenvalue weighted by atomic mass is 35.5. The van der Waals surface area contributed by atoms with Crippen LogP contribution in [0, 0.1) is 6.92 Å². The van der Waals surface area contributed by atoms with Gasteiger partial charge in [-0.3, -0.25) is 4.79 Å². The van der Waals surface area contributed by atoms with Crippen molar-refractivity contribution >= 4 is 23.2 Å². The van der Waals surface area contributed by atoms with Crippen molar-refractivity contribution < 1.29 is 4.79 Å². The van der Waals surface area contributed by atoms with E-state index >= 15 is 0 Å². The summed E-state index contributed by atoms with van der Waals surface area (Å²) in [7, 11) is 0.